The van der Waals surface area contributed by atoms with Crippen molar-refractivity contribution in [3.63, 3.8) is 0 Å². The summed E-state index contributed by atoms with van der Waals surface area (Å²) in [6, 6.07) is 0. The van der Waals surface area contributed by atoms with E-state index >= 15 is 0 Å². The fourth-order valence-corrected chi connectivity index (χ4v) is 3.22. The Hall–Kier alpha value is -0.990. The molecule has 1 heterocycles. The molecule has 0 atom stereocenters. The van der Waals surface area contributed by atoms with Gasteiger partial charge in [0.1, 0.15) is 0 Å². The largest absolute Gasteiger partial charge is 0.355 e. The molecule has 1 aromatic heterocycles. The lowest BCUT2D eigenvalue weighted by molar-refractivity contribution is 0.252. The summed E-state index contributed by atoms with van der Waals surface area (Å²) in [5.74, 6) is 1.71. The Kier molecular flexibility index (Phi) is 3.75. The normalized spacial score (nSPS) is 18.8. The van der Waals surface area contributed by atoms with E-state index in [0.29, 0.717) is 5.41 Å². The molecule has 0 aliphatic heterocycles. The lowest BCUT2D eigenvalue weighted by Crippen LogP contribution is -2.28. The summed E-state index contributed by atoms with van der Waals surface area (Å²) in [4.78, 5) is 7.57. The van der Waals surface area contributed by atoms with Crippen LogP contribution in [-0.2, 0) is 0 Å². The predicted octanol–water partition coefficient (Wildman–Crippen LogP) is 3.74. The number of hydrogen-bond acceptors (Lipinski definition) is 2. The van der Waals surface area contributed by atoms with Gasteiger partial charge in [-0.1, -0.05) is 26.7 Å². The minimum Gasteiger partial charge on any atom is -0.355 e. The first-order valence-electron chi connectivity index (χ1n) is 6.85. The van der Waals surface area contributed by atoms with Gasteiger partial charge in [0.15, 0.2) is 5.95 Å². The first-order valence-corrected chi connectivity index (χ1v) is 6.85. The van der Waals surface area contributed by atoms with E-state index in [1.54, 1.807) is 0 Å². The van der Waals surface area contributed by atoms with Crippen molar-refractivity contribution in [2.45, 2.75) is 52.9 Å². The second-order valence-electron chi connectivity index (χ2n) is 6.07. The van der Waals surface area contributed by atoms with E-state index in [1.807, 2.05) is 13.1 Å². The van der Waals surface area contributed by atoms with E-state index in [1.165, 1.54) is 32.1 Å². The third kappa shape index (κ3) is 3.24. The number of anilines is 1. The fraction of sp³-hybridized carbons (Fsp3) is 0.786. The van der Waals surface area contributed by atoms with Crippen molar-refractivity contribution in [2.24, 2.45) is 11.3 Å². The highest BCUT2D eigenvalue weighted by Gasteiger charge is 2.34. The molecule has 2 N–H and O–H groups in total. The molecule has 0 spiro atoms. The van der Waals surface area contributed by atoms with Crippen LogP contribution in [0.3, 0.4) is 0 Å². The summed E-state index contributed by atoms with van der Waals surface area (Å²) >= 11 is 0. The van der Waals surface area contributed by atoms with Crippen LogP contribution in [0.15, 0.2) is 6.20 Å². The summed E-state index contributed by atoms with van der Waals surface area (Å²) in [5, 5.41) is 3.49. The second kappa shape index (κ2) is 5.11. The molecule has 1 aromatic rings. The van der Waals surface area contributed by atoms with Gasteiger partial charge in [-0.3, -0.25) is 0 Å². The van der Waals surface area contributed by atoms with Crippen LogP contribution in [0, 0.1) is 18.3 Å². The summed E-state index contributed by atoms with van der Waals surface area (Å²) in [6.07, 6.45) is 8.75. The maximum absolute atomic E-state index is 4.32. The molecule has 1 aliphatic carbocycles. The fourth-order valence-electron chi connectivity index (χ4n) is 3.22. The predicted molar refractivity (Wildman–Crippen MR) is 72.2 cm³/mol. The molecule has 3 heteroatoms. The number of nitrogens with zero attached hydrogens (tertiary/aromatic N) is 1. The quantitative estimate of drug-likeness (QED) is 0.816. The lowest BCUT2D eigenvalue weighted by Gasteiger charge is -2.31. The number of aromatic amines is 1. The zero-order chi connectivity index (χ0) is 12.3. The Morgan fingerprint density at radius 3 is 2.65 bits per heavy atom. The van der Waals surface area contributed by atoms with Crippen LogP contribution in [0.25, 0.3) is 0 Å². The van der Waals surface area contributed by atoms with Crippen LogP contribution in [-0.4, -0.2) is 16.5 Å². The highest BCUT2D eigenvalue weighted by atomic mass is 15.1. The molecule has 0 amide bonds. The molecular weight excluding hydrogens is 210 g/mol. The van der Waals surface area contributed by atoms with Crippen molar-refractivity contribution in [3.8, 4) is 0 Å². The van der Waals surface area contributed by atoms with Crippen LogP contribution in [0.1, 0.15) is 51.6 Å². The third-order valence-electron chi connectivity index (χ3n) is 3.84. The van der Waals surface area contributed by atoms with E-state index in [-0.39, 0.29) is 0 Å². The summed E-state index contributed by atoms with van der Waals surface area (Å²) < 4.78 is 0. The van der Waals surface area contributed by atoms with Crippen molar-refractivity contribution < 1.29 is 0 Å². The molecule has 0 radical (unpaired) electrons. The molecule has 0 unspecified atom stereocenters. The van der Waals surface area contributed by atoms with Crippen LogP contribution in [0.5, 0.6) is 0 Å². The molecule has 0 saturated heterocycles. The van der Waals surface area contributed by atoms with Gasteiger partial charge < -0.3 is 10.3 Å². The molecule has 17 heavy (non-hydrogen) atoms. The van der Waals surface area contributed by atoms with Gasteiger partial charge in [0, 0.05) is 18.4 Å². The van der Waals surface area contributed by atoms with E-state index in [9.17, 15) is 0 Å². The van der Waals surface area contributed by atoms with Crippen molar-refractivity contribution in [2.75, 3.05) is 11.9 Å². The van der Waals surface area contributed by atoms with E-state index < -0.39 is 0 Å². The SMILES string of the molecule is Cc1cnc(NCC2(CC(C)C)CCCC2)[nH]1. The first-order chi connectivity index (χ1) is 8.10. The number of imidazole rings is 1. The number of rotatable bonds is 5. The zero-order valence-electron chi connectivity index (χ0n) is 11.3. The van der Waals surface area contributed by atoms with Crippen molar-refractivity contribution in [3.05, 3.63) is 11.9 Å². The maximum Gasteiger partial charge on any atom is 0.200 e. The van der Waals surface area contributed by atoms with Gasteiger partial charge in [-0.05, 0) is 37.5 Å². The number of nitrogens with one attached hydrogen (secondary N) is 2. The van der Waals surface area contributed by atoms with E-state index in [0.717, 1.165) is 24.1 Å². The van der Waals surface area contributed by atoms with Crippen LogP contribution in [0.2, 0.25) is 0 Å². The van der Waals surface area contributed by atoms with Crippen molar-refractivity contribution in [1.29, 1.82) is 0 Å². The molecule has 1 aliphatic rings. The Morgan fingerprint density at radius 1 is 1.41 bits per heavy atom. The number of H-pyrrole nitrogens is 1. The Labute approximate surface area is 104 Å². The Morgan fingerprint density at radius 2 is 2.12 bits per heavy atom. The topological polar surface area (TPSA) is 40.7 Å². The van der Waals surface area contributed by atoms with Crippen LogP contribution in [0.4, 0.5) is 5.95 Å². The molecule has 3 nitrogen and oxygen atoms in total. The highest BCUT2D eigenvalue weighted by Crippen LogP contribution is 2.43. The summed E-state index contributed by atoms with van der Waals surface area (Å²) in [5.41, 5.74) is 1.63. The molecule has 0 bridgehead atoms. The molecule has 0 aromatic carbocycles. The van der Waals surface area contributed by atoms with Crippen molar-refractivity contribution >= 4 is 5.95 Å². The minimum absolute atomic E-state index is 0.509. The monoisotopic (exact) mass is 235 g/mol. The first kappa shape index (κ1) is 12.5. The number of aryl methyl sites for hydroxylation is 1. The van der Waals surface area contributed by atoms with Gasteiger partial charge in [0.25, 0.3) is 0 Å². The van der Waals surface area contributed by atoms with Gasteiger partial charge >= 0.3 is 0 Å². The standard InChI is InChI=1S/C14H25N3/c1-11(2)8-14(6-4-5-7-14)10-16-13-15-9-12(3)17-13/h9,11H,4-8,10H2,1-3H3,(H2,15,16,17). The Bertz CT molecular complexity index is 348. The van der Waals surface area contributed by atoms with Gasteiger partial charge in [0.05, 0.1) is 0 Å². The van der Waals surface area contributed by atoms with E-state index in [4.69, 9.17) is 0 Å². The van der Waals surface area contributed by atoms with Crippen LogP contribution >= 0.6 is 0 Å². The number of hydrogen-bond donors (Lipinski definition) is 2. The average molecular weight is 235 g/mol. The lowest BCUT2D eigenvalue weighted by atomic mass is 9.78. The second-order valence-corrected chi connectivity index (χ2v) is 6.07. The Balaban J connectivity index is 1.94. The third-order valence-corrected chi connectivity index (χ3v) is 3.84. The highest BCUT2D eigenvalue weighted by molar-refractivity contribution is 5.26. The minimum atomic E-state index is 0.509. The van der Waals surface area contributed by atoms with Gasteiger partial charge in [0.2, 0.25) is 0 Å². The molecule has 1 saturated carbocycles. The average Bonchev–Trinajstić information content (AvgIpc) is 2.85. The maximum atomic E-state index is 4.32. The molecule has 2 rings (SSSR count). The molecule has 1 fully saturated rings. The summed E-state index contributed by atoms with van der Waals surface area (Å²) in [7, 11) is 0. The van der Waals surface area contributed by atoms with Crippen LogP contribution < -0.4 is 5.32 Å². The van der Waals surface area contributed by atoms with Gasteiger partial charge in [-0.15, -0.1) is 0 Å². The summed E-state index contributed by atoms with van der Waals surface area (Å²) in [6.45, 7) is 7.77. The molecule has 96 valence electrons. The van der Waals surface area contributed by atoms with Gasteiger partial charge in [-0.2, -0.15) is 0 Å². The molecular formula is C14H25N3. The van der Waals surface area contributed by atoms with E-state index in [2.05, 4.69) is 29.1 Å². The number of aromatic nitrogens is 2. The zero-order valence-corrected chi connectivity index (χ0v) is 11.3. The van der Waals surface area contributed by atoms with Crippen molar-refractivity contribution in [1.82, 2.24) is 9.97 Å². The van der Waals surface area contributed by atoms with Gasteiger partial charge in [-0.25, -0.2) is 4.98 Å². The smallest absolute Gasteiger partial charge is 0.200 e.